The fraction of sp³-hybridized carbons (Fsp3) is 0.400. The van der Waals surface area contributed by atoms with Crippen LogP contribution >= 0.6 is 0 Å². The quantitative estimate of drug-likeness (QED) is 0.793. The molecule has 1 fully saturated rings. The Bertz CT molecular complexity index is 753. The molecular formula is C20H23FN2O. The standard InChI is InChI=1S/C20H23FN2O/c1-14-3-5-19-15(11-14)12-18(23-9-7-22(2)8-10-23)17-13-16(21)4-6-20(17)24-19/h3-6,11,13,18H,7-10,12H2,1-2H3. The topological polar surface area (TPSA) is 15.7 Å². The Hall–Kier alpha value is -1.91. The molecule has 2 heterocycles. The fourth-order valence-corrected chi connectivity index (χ4v) is 3.74. The molecule has 3 nitrogen and oxygen atoms in total. The lowest BCUT2D eigenvalue weighted by molar-refractivity contribution is 0.111. The predicted octanol–water partition coefficient (Wildman–Crippen LogP) is 3.77. The van der Waals surface area contributed by atoms with Crippen LogP contribution in [0.5, 0.6) is 11.5 Å². The highest BCUT2D eigenvalue weighted by molar-refractivity contribution is 5.48. The van der Waals surface area contributed by atoms with Crippen LogP contribution < -0.4 is 4.74 Å². The van der Waals surface area contributed by atoms with Crippen LogP contribution in [0.1, 0.15) is 22.7 Å². The molecule has 2 aliphatic rings. The molecule has 1 unspecified atom stereocenters. The second-order valence-electron chi connectivity index (χ2n) is 6.95. The molecule has 0 bridgehead atoms. The summed E-state index contributed by atoms with van der Waals surface area (Å²) >= 11 is 0. The molecule has 0 saturated carbocycles. The highest BCUT2D eigenvalue weighted by Crippen LogP contribution is 2.41. The van der Waals surface area contributed by atoms with E-state index >= 15 is 0 Å². The lowest BCUT2D eigenvalue weighted by Gasteiger charge is -2.38. The molecule has 0 spiro atoms. The maximum atomic E-state index is 13.9. The first-order chi connectivity index (χ1) is 11.6. The van der Waals surface area contributed by atoms with E-state index in [1.54, 1.807) is 12.1 Å². The van der Waals surface area contributed by atoms with E-state index in [1.807, 2.05) is 6.07 Å². The normalized spacial score (nSPS) is 21.5. The van der Waals surface area contributed by atoms with Gasteiger partial charge in [0.05, 0.1) is 0 Å². The lowest BCUT2D eigenvalue weighted by atomic mass is 9.96. The smallest absolute Gasteiger partial charge is 0.132 e. The van der Waals surface area contributed by atoms with Crippen molar-refractivity contribution in [3.8, 4) is 11.5 Å². The molecule has 2 aromatic rings. The van der Waals surface area contributed by atoms with Crippen molar-refractivity contribution in [1.82, 2.24) is 9.80 Å². The van der Waals surface area contributed by atoms with Crippen LogP contribution in [0.4, 0.5) is 4.39 Å². The molecule has 0 aromatic heterocycles. The maximum Gasteiger partial charge on any atom is 0.132 e. The number of piperazine rings is 1. The van der Waals surface area contributed by atoms with Crippen LogP contribution in [0.25, 0.3) is 0 Å². The molecule has 0 aliphatic carbocycles. The number of rotatable bonds is 1. The molecule has 1 atom stereocenters. The Morgan fingerprint density at radius 2 is 1.75 bits per heavy atom. The minimum Gasteiger partial charge on any atom is -0.457 e. The Labute approximate surface area is 142 Å². The molecule has 2 aromatic carbocycles. The Morgan fingerprint density at radius 3 is 2.54 bits per heavy atom. The van der Waals surface area contributed by atoms with E-state index in [0.717, 1.165) is 49.7 Å². The van der Waals surface area contributed by atoms with Gasteiger partial charge in [-0.1, -0.05) is 17.7 Å². The van der Waals surface area contributed by atoms with Crippen LogP contribution in [-0.2, 0) is 6.42 Å². The highest BCUT2D eigenvalue weighted by Gasteiger charge is 2.30. The first-order valence-electron chi connectivity index (χ1n) is 8.59. The summed E-state index contributed by atoms with van der Waals surface area (Å²) in [5.41, 5.74) is 3.40. The molecule has 1 saturated heterocycles. The third-order valence-electron chi connectivity index (χ3n) is 5.16. The van der Waals surface area contributed by atoms with Crippen molar-refractivity contribution in [1.29, 1.82) is 0 Å². The minimum atomic E-state index is -0.196. The molecule has 0 amide bonds. The number of ether oxygens (including phenoxy) is 1. The summed E-state index contributed by atoms with van der Waals surface area (Å²) in [5.74, 6) is 1.48. The highest BCUT2D eigenvalue weighted by atomic mass is 19.1. The van der Waals surface area contributed by atoms with Gasteiger partial charge in [-0.25, -0.2) is 4.39 Å². The summed E-state index contributed by atoms with van der Waals surface area (Å²) in [5, 5.41) is 0. The monoisotopic (exact) mass is 326 g/mol. The van der Waals surface area contributed by atoms with Crippen LogP contribution in [0, 0.1) is 12.7 Å². The third kappa shape index (κ3) is 2.92. The van der Waals surface area contributed by atoms with Crippen molar-refractivity contribution in [2.75, 3.05) is 33.2 Å². The average molecular weight is 326 g/mol. The predicted molar refractivity (Wildman–Crippen MR) is 93.2 cm³/mol. The summed E-state index contributed by atoms with van der Waals surface area (Å²) in [7, 11) is 2.15. The van der Waals surface area contributed by atoms with E-state index in [-0.39, 0.29) is 11.9 Å². The first-order valence-corrected chi connectivity index (χ1v) is 8.59. The van der Waals surface area contributed by atoms with E-state index in [1.165, 1.54) is 17.2 Å². The minimum absolute atomic E-state index is 0.160. The number of hydrogen-bond donors (Lipinski definition) is 0. The number of fused-ring (bicyclic) bond motifs is 2. The number of halogens is 1. The Morgan fingerprint density at radius 1 is 1.00 bits per heavy atom. The maximum absolute atomic E-state index is 13.9. The third-order valence-corrected chi connectivity index (χ3v) is 5.16. The molecule has 0 N–H and O–H groups in total. The number of nitrogens with zero attached hydrogens (tertiary/aromatic N) is 2. The number of hydrogen-bond acceptors (Lipinski definition) is 3. The molecule has 24 heavy (non-hydrogen) atoms. The van der Waals surface area contributed by atoms with Crippen LogP contribution in [0.3, 0.4) is 0 Å². The Balaban J connectivity index is 1.77. The number of aryl methyl sites for hydroxylation is 1. The average Bonchev–Trinajstić information content (AvgIpc) is 2.72. The second kappa shape index (κ2) is 6.19. The zero-order valence-corrected chi connectivity index (χ0v) is 14.3. The van der Waals surface area contributed by atoms with Gasteiger partial charge in [0.2, 0.25) is 0 Å². The summed E-state index contributed by atoms with van der Waals surface area (Å²) in [4.78, 5) is 4.81. The van der Waals surface area contributed by atoms with E-state index in [4.69, 9.17) is 4.74 Å². The SMILES string of the molecule is Cc1ccc2c(c1)CC(N1CCN(C)CC1)c1cc(F)ccc1O2. The lowest BCUT2D eigenvalue weighted by Crippen LogP contribution is -2.46. The van der Waals surface area contributed by atoms with Gasteiger partial charge >= 0.3 is 0 Å². The van der Waals surface area contributed by atoms with Gasteiger partial charge in [0, 0.05) is 37.8 Å². The summed E-state index contributed by atoms with van der Waals surface area (Å²) in [6, 6.07) is 11.4. The van der Waals surface area contributed by atoms with Crippen LogP contribution in [-0.4, -0.2) is 43.0 Å². The molecular weight excluding hydrogens is 303 g/mol. The van der Waals surface area contributed by atoms with Crippen LogP contribution in [0.15, 0.2) is 36.4 Å². The van der Waals surface area contributed by atoms with Crippen molar-refractivity contribution < 1.29 is 9.13 Å². The summed E-state index contributed by atoms with van der Waals surface area (Å²) < 4.78 is 20.1. The van der Waals surface area contributed by atoms with Crippen molar-refractivity contribution in [2.24, 2.45) is 0 Å². The van der Waals surface area contributed by atoms with Gasteiger partial charge in [-0.15, -0.1) is 0 Å². The van der Waals surface area contributed by atoms with Gasteiger partial charge in [-0.05, 0) is 50.2 Å². The molecule has 126 valence electrons. The van der Waals surface area contributed by atoms with Gasteiger partial charge in [-0.3, -0.25) is 4.90 Å². The number of benzene rings is 2. The van der Waals surface area contributed by atoms with Crippen molar-refractivity contribution in [3.63, 3.8) is 0 Å². The summed E-state index contributed by atoms with van der Waals surface area (Å²) in [6.07, 6.45) is 0.858. The van der Waals surface area contributed by atoms with Gasteiger partial charge < -0.3 is 9.64 Å². The van der Waals surface area contributed by atoms with Crippen LogP contribution in [0.2, 0.25) is 0 Å². The van der Waals surface area contributed by atoms with E-state index < -0.39 is 0 Å². The molecule has 2 aliphatic heterocycles. The van der Waals surface area contributed by atoms with E-state index in [9.17, 15) is 4.39 Å². The summed E-state index contributed by atoms with van der Waals surface area (Å²) in [6.45, 7) is 6.19. The zero-order valence-electron chi connectivity index (χ0n) is 14.3. The molecule has 4 heteroatoms. The molecule has 4 rings (SSSR count). The van der Waals surface area contributed by atoms with Gasteiger partial charge in [0.25, 0.3) is 0 Å². The molecule has 0 radical (unpaired) electrons. The van der Waals surface area contributed by atoms with Crippen molar-refractivity contribution in [2.45, 2.75) is 19.4 Å². The van der Waals surface area contributed by atoms with Gasteiger partial charge in [0.15, 0.2) is 0 Å². The second-order valence-corrected chi connectivity index (χ2v) is 6.95. The fourth-order valence-electron chi connectivity index (χ4n) is 3.74. The largest absolute Gasteiger partial charge is 0.457 e. The van der Waals surface area contributed by atoms with Crippen molar-refractivity contribution >= 4 is 0 Å². The number of likely N-dealkylation sites (N-methyl/N-ethyl adjacent to an activating group) is 1. The van der Waals surface area contributed by atoms with E-state index in [0.29, 0.717) is 0 Å². The Kier molecular flexibility index (Phi) is 4.02. The van der Waals surface area contributed by atoms with Gasteiger partial charge in [0.1, 0.15) is 17.3 Å². The first kappa shape index (κ1) is 15.6. The zero-order chi connectivity index (χ0) is 16.7. The van der Waals surface area contributed by atoms with E-state index in [2.05, 4.69) is 35.9 Å². The van der Waals surface area contributed by atoms with Gasteiger partial charge in [-0.2, -0.15) is 0 Å². The van der Waals surface area contributed by atoms with Crippen molar-refractivity contribution in [3.05, 3.63) is 58.9 Å².